The molecule has 0 bridgehead atoms. The van der Waals surface area contributed by atoms with Gasteiger partial charge in [-0.1, -0.05) is 99.2 Å². The van der Waals surface area contributed by atoms with Crippen LogP contribution in [0.4, 0.5) is 0 Å². The maximum absolute atomic E-state index is 13.5. The number of nitrogens with zero attached hydrogens (tertiary/aromatic N) is 6. The summed E-state index contributed by atoms with van der Waals surface area (Å²) in [6.07, 6.45) is 20.8. The molecule has 0 atom stereocenters. The van der Waals surface area contributed by atoms with Crippen LogP contribution in [0, 0.1) is 27.7 Å². The van der Waals surface area contributed by atoms with Crippen LogP contribution in [0.15, 0.2) is 135 Å². The second-order valence-corrected chi connectivity index (χ2v) is 26.7. The molecule has 93 heavy (non-hydrogen) atoms. The molecule has 12 rings (SSSR count). The van der Waals surface area contributed by atoms with Gasteiger partial charge in [0.2, 0.25) is 5.91 Å². The summed E-state index contributed by atoms with van der Waals surface area (Å²) in [5, 5.41) is 9.40. The first-order chi connectivity index (χ1) is 45.2. The van der Waals surface area contributed by atoms with Gasteiger partial charge in [0.1, 0.15) is 13.1 Å². The lowest BCUT2D eigenvalue weighted by Gasteiger charge is -2.24. The number of ketones is 1. The first kappa shape index (κ1) is 67.2. The fourth-order valence-electron chi connectivity index (χ4n) is 13.4. The number of carbonyl (C=O) groups is 4. The zero-order valence-corrected chi connectivity index (χ0v) is 56.3. The molecule has 0 radical (unpaired) electrons. The minimum absolute atomic E-state index is 0.0406. The van der Waals surface area contributed by atoms with Crippen molar-refractivity contribution in [2.45, 2.75) is 149 Å². The van der Waals surface area contributed by atoms with E-state index in [-0.39, 0.29) is 30.7 Å². The number of ether oxygens (including phenoxy) is 2. The average molecular weight is 1280 g/mol. The molecule has 6 aromatic heterocycles. The Kier molecular flexibility index (Phi) is 22.6. The summed E-state index contributed by atoms with van der Waals surface area (Å²) < 4.78 is 14.3. The smallest absolute Gasteiger partial charge is 0.337 e. The third kappa shape index (κ3) is 15.4. The van der Waals surface area contributed by atoms with Gasteiger partial charge < -0.3 is 29.7 Å². The van der Waals surface area contributed by atoms with E-state index in [9.17, 15) is 19.2 Å². The number of esters is 2. The van der Waals surface area contributed by atoms with E-state index < -0.39 is 5.97 Å². The Balaban J connectivity index is 0.000000191. The fourth-order valence-corrected chi connectivity index (χ4v) is 15.2. The Hall–Kier alpha value is -8.70. The molecule has 6 heterocycles. The van der Waals surface area contributed by atoms with Gasteiger partial charge in [0.05, 0.1) is 90.3 Å². The number of amides is 1. The van der Waals surface area contributed by atoms with Gasteiger partial charge in [-0.15, -0.1) is 42.4 Å². The van der Waals surface area contributed by atoms with Crippen molar-refractivity contribution in [2.75, 3.05) is 27.3 Å². The van der Waals surface area contributed by atoms with Crippen molar-refractivity contribution in [3.05, 3.63) is 179 Å². The van der Waals surface area contributed by atoms with Crippen molar-refractivity contribution in [3.8, 4) is 43.7 Å². The van der Waals surface area contributed by atoms with Gasteiger partial charge in [-0.3, -0.25) is 14.4 Å². The molecule has 2 saturated carbocycles. The molecule has 4 aromatic carbocycles. The highest BCUT2D eigenvalue weighted by atomic mass is 32.1. The summed E-state index contributed by atoms with van der Waals surface area (Å²) >= 11 is 3.33. The lowest BCUT2D eigenvalue weighted by molar-refractivity contribution is -0.141. The van der Waals surface area contributed by atoms with Crippen LogP contribution in [-0.4, -0.2) is 80.0 Å². The zero-order valence-electron chi connectivity index (χ0n) is 54.7. The second kappa shape index (κ2) is 31.3. The molecule has 2 aliphatic rings. The highest BCUT2D eigenvalue weighted by Gasteiger charge is 2.31. The number of allylic oxidation sites excluding steroid dienone is 1. The molecule has 482 valence electrons. The largest absolute Gasteiger partial charge is 0.468 e. The Morgan fingerprint density at radius 3 is 1.53 bits per heavy atom. The van der Waals surface area contributed by atoms with Gasteiger partial charge in [-0.25, -0.2) is 24.7 Å². The number of aryl methyl sites for hydroxylation is 4. The van der Waals surface area contributed by atoms with Crippen molar-refractivity contribution in [2.24, 2.45) is 5.73 Å². The molecule has 0 saturated heterocycles. The van der Waals surface area contributed by atoms with E-state index in [4.69, 9.17) is 25.2 Å². The molecule has 2 fully saturated rings. The molecule has 0 aliphatic heterocycles. The van der Waals surface area contributed by atoms with Crippen LogP contribution in [0.1, 0.15) is 161 Å². The third-order valence-electron chi connectivity index (χ3n) is 17.8. The number of fused-ring (bicyclic) bond motifs is 4. The van der Waals surface area contributed by atoms with Gasteiger partial charge in [-0.2, -0.15) is 0 Å². The van der Waals surface area contributed by atoms with Crippen LogP contribution in [0.3, 0.4) is 0 Å². The maximum Gasteiger partial charge on any atom is 0.337 e. The van der Waals surface area contributed by atoms with Gasteiger partial charge in [-0.05, 0) is 174 Å². The van der Waals surface area contributed by atoms with Crippen LogP contribution in [-0.2, 0) is 32.2 Å². The number of nitrogens with two attached hydrogens (primary N) is 1. The molecular weight excluding hydrogens is 1200 g/mol. The first-order valence-corrected chi connectivity index (χ1v) is 34.3. The molecule has 14 nitrogen and oxygen atoms in total. The summed E-state index contributed by atoms with van der Waals surface area (Å²) in [5.74, 6) is 0.0653. The summed E-state index contributed by atoms with van der Waals surface area (Å²) in [6, 6.07) is 33.0. The maximum atomic E-state index is 13.5. The zero-order chi connectivity index (χ0) is 65.7. The summed E-state index contributed by atoms with van der Waals surface area (Å²) in [6.45, 7) is 20.6. The number of methoxy groups -OCH3 is 2. The fraction of sp³-hybridized carbons (Fsp3) is 0.351. The third-order valence-corrected chi connectivity index (χ3v) is 20.0. The summed E-state index contributed by atoms with van der Waals surface area (Å²) in [7, 11) is 2.78. The number of aromatic nitrogens is 6. The number of rotatable bonds is 21. The van der Waals surface area contributed by atoms with Gasteiger partial charge in [0.15, 0.2) is 5.78 Å². The number of unbranched alkanes of at least 4 members (excludes halogenated alkanes) is 1. The minimum atomic E-state index is -0.405. The highest BCUT2D eigenvalue weighted by molar-refractivity contribution is 7.15. The SMILES string of the molecule is C=CCCCC(=O)c1ccc2c(C3CCCCC3)c(-c3ccc4nc(-c5sc(C)nc5C)ccc4c3)n(CC(=O)NCCC=C)c2c1.C=CCCN.COC(=O)Cn1c(-c2ccc3nc(-c4sc(C)nc4C)ccc3c2)c(C2CCCCC2)c2ccc(C(=O)OC)cc21. The van der Waals surface area contributed by atoms with Crippen molar-refractivity contribution in [3.63, 3.8) is 0 Å². The number of carbonyl (C=O) groups excluding carboxylic acids is 4. The van der Waals surface area contributed by atoms with Crippen molar-refractivity contribution < 1.29 is 28.7 Å². The van der Waals surface area contributed by atoms with E-state index in [0.717, 1.165) is 160 Å². The lowest BCUT2D eigenvalue weighted by atomic mass is 9.81. The number of Topliss-reactive ketones (excluding diaryl/α,β-unsaturated/α-hetero) is 1. The van der Waals surface area contributed by atoms with Gasteiger partial charge in [0.25, 0.3) is 0 Å². The molecule has 3 N–H and O–H groups in total. The Morgan fingerprint density at radius 1 is 0.581 bits per heavy atom. The molecule has 2 aliphatic carbocycles. The predicted molar refractivity (Wildman–Crippen MR) is 382 cm³/mol. The topological polar surface area (TPSA) is 186 Å². The monoisotopic (exact) mass is 1280 g/mol. The van der Waals surface area contributed by atoms with Crippen molar-refractivity contribution >= 4 is 89.9 Å². The van der Waals surface area contributed by atoms with Crippen LogP contribution >= 0.6 is 22.7 Å². The van der Waals surface area contributed by atoms with E-state index in [1.165, 1.54) is 63.9 Å². The molecule has 16 heteroatoms. The number of hydrogen-bond acceptors (Lipinski definition) is 13. The van der Waals surface area contributed by atoms with E-state index in [0.29, 0.717) is 42.3 Å². The second-order valence-electron chi connectivity index (χ2n) is 24.3. The van der Waals surface area contributed by atoms with Crippen LogP contribution in [0.5, 0.6) is 0 Å². The average Bonchev–Trinajstić information content (AvgIpc) is 1.61. The van der Waals surface area contributed by atoms with Crippen LogP contribution in [0.2, 0.25) is 0 Å². The number of hydrogen-bond donors (Lipinski definition) is 2. The van der Waals surface area contributed by atoms with E-state index in [2.05, 4.69) is 106 Å². The molecule has 0 spiro atoms. The van der Waals surface area contributed by atoms with E-state index in [1.807, 2.05) is 74.7 Å². The number of thiazole rings is 2. The number of benzene rings is 4. The van der Waals surface area contributed by atoms with Crippen molar-refractivity contribution in [1.29, 1.82) is 0 Å². The van der Waals surface area contributed by atoms with Crippen LogP contribution in [0.25, 0.3) is 87.3 Å². The number of nitrogens with one attached hydrogen (secondary N) is 1. The quantitative estimate of drug-likeness (QED) is 0.0302. The molecular formula is C77H86N8O6S2. The van der Waals surface area contributed by atoms with Crippen LogP contribution < -0.4 is 11.1 Å². The van der Waals surface area contributed by atoms with E-state index >= 15 is 0 Å². The van der Waals surface area contributed by atoms with E-state index in [1.54, 1.807) is 28.7 Å². The molecule has 1 amide bonds. The first-order valence-electron chi connectivity index (χ1n) is 32.7. The number of pyridine rings is 2. The summed E-state index contributed by atoms with van der Waals surface area (Å²) in [4.78, 5) is 73.3. The van der Waals surface area contributed by atoms with Gasteiger partial charge in [0, 0.05) is 45.6 Å². The predicted octanol–water partition coefficient (Wildman–Crippen LogP) is 18.0. The molecule has 0 unspecified atom stereocenters. The minimum Gasteiger partial charge on any atom is -0.468 e. The lowest BCUT2D eigenvalue weighted by Crippen LogP contribution is -2.28. The van der Waals surface area contributed by atoms with Gasteiger partial charge >= 0.3 is 11.9 Å². The standard InChI is InChI=1S/C40H44N4O2S.C33H33N3O4S.C4H9N/c1-5-7-10-15-36(45)30-16-19-32-35(24-30)44(25-37(46)41-22-8-6-2)39(38(32)28-13-11-9-12-14-28)31-18-20-33-29(23-31)17-21-34(43-33)40-26(3)42-27(4)47-40;1-19-32(41-20(2)34-19)27-15-11-22-16-23(12-14-26(22)35-27)31-30(21-8-6-5-7-9-21)25-13-10-24(33(38)40-4)17-28(25)36(31)18-29(37)39-3;1-2-3-4-5/h5-6,16-21,23-24,28H,1-2,7-15,22,25H2,3-4H3,(H,41,46);10-17,21H,5-9,18H2,1-4H3;2H,1,3-5H2. The normalized spacial score (nSPS) is 13.5. The highest BCUT2D eigenvalue weighted by Crippen LogP contribution is 2.47. The van der Waals surface area contributed by atoms with Crippen molar-refractivity contribution in [1.82, 2.24) is 34.4 Å². The molecule has 10 aromatic rings. The Bertz CT molecular complexity index is 4400. The Morgan fingerprint density at radius 2 is 1.08 bits per heavy atom. The Labute approximate surface area is 554 Å². The summed E-state index contributed by atoms with van der Waals surface area (Å²) in [5.41, 5.74) is 20.3.